The first-order chi connectivity index (χ1) is 7.09. The molecular weight excluding hydrogens is 232 g/mol. The largest absolute Gasteiger partial charge is 0.429 e. The van der Waals surface area contributed by atoms with Gasteiger partial charge in [-0.05, 0) is 13.8 Å². The van der Waals surface area contributed by atoms with Crippen molar-refractivity contribution in [1.82, 2.24) is 0 Å². The van der Waals surface area contributed by atoms with Crippen molar-refractivity contribution >= 4 is 0 Å². The van der Waals surface area contributed by atoms with Crippen molar-refractivity contribution in [1.29, 1.82) is 0 Å². The molecule has 0 amide bonds. The molecule has 0 radical (unpaired) electrons. The van der Waals surface area contributed by atoms with Crippen molar-refractivity contribution in [2.75, 3.05) is 7.11 Å². The Hall–Kier alpha value is -0.660. The van der Waals surface area contributed by atoms with E-state index in [0.29, 0.717) is 0 Å². The standard InChI is InChI=1S/C9H14F4O3/c1-5(2)16-8(6(3)10,7(14)15-4)9(11,12)13/h5,7,14H,3H2,1-2,4H3. The maximum absolute atomic E-state index is 13.0. The Morgan fingerprint density at radius 3 is 1.94 bits per heavy atom. The first-order valence-electron chi connectivity index (χ1n) is 4.39. The van der Waals surface area contributed by atoms with Crippen LogP contribution in [0.3, 0.4) is 0 Å². The third-order valence-corrected chi connectivity index (χ3v) is 1.82. The first-order valence-corrected chi connectivity index (χ1v) is 4.39. The van der Waals surface area contributed by atoms with Gasteiger partial charge in [-0.25, -0.2) is 4.39 Å². The molecule has 7 heteroatoms. The number of rotatable bonds is 5. The zero-order valence-corrected chi connectivity index (χ0v) is 9.14. The number of aliphatic hydroxyl groups is 1. The molecule has 1 N–H and O–H groups in total. The summed E-state index contributed by atoms with van der Waals surface area (Å²) in [7, 11) is 0.803. The van der Waals surface area contributed by atoms with E-state index < -0.39 is 30.0 Å². The zero-order chi connectivity index (χ0) is 13.1. The van der Waals surface area contributed by atoms with Gasteiger partial charge in [-0.15, -0.1) is 0 Å². The molecule has 0 heterocycles. The van der Waals surface area contributed by atoms with Gasteiger partial charge in [0.1, 0.15) is 5.83 Å². The van der Waals surface area contributed by atoms with Crippen LogP contribution in [0.5, 0.6) is 0 Å². The van der Waals surface area contributed by atoms with Gasteiger partial charge in [0.15, 0.2) is 6.29 Å². The van der Waals surface area contributed by atoms with E-state index in [9.17, 15) is 17.6 Å². The van der Waals surface area contributed by atoms with Crippen LogP contribution in [0.2, 0.25) is 0 Å². The van der Waals surface area contributed by atoms with E-state index in [-0.39, 0.29) is 0 Å². The van der Waals surface area contributed by atoms with Gasteiger partial charge in [0.05, 0.1) is 6.10 Å². The first kappa shape index (κ1) is 15.3. The van der Waals surface area contributed by atoms with E-state index in [2.05, 4.69) is 16.1 Å². The number of aliphatic hydroxyl groups excluding tert-OH is 1. The highest BCUT2D eigenvalue weighted by Crippen LogP contribution is 2.43. The van der Waals surface area contributed by atoms with E-state index in [0.717, 1.165) is 7.11 Å². The van der Waals surface area contributed by atoms with Crippen molar-refractivity contribution in [2.24, 2.45) is 0 Å². The summed E-state index contributed by atoms with van der Waals surface area (Å²) in [5, 5.41) is 9.16. The Labute approximate surface area is 90.7 Å². The lowest BCUT2D eigenvalue weighted by molar-refractivity contribution is -0.342. The monoisotopic (exact) mass is 246 g/mol. The summed E-state index contributed by atoms with van der Waals surface area (Å²) in [6.07, 6.45) is -8.68. The second-order valence-electron chi connectivity index (χ2n) is 3.39. The van der Waals surface area contributed by atoms with Gasteiger partial charge < -0.3 is 14.6 Å². The lowest BCUT2D eigenvalue weighted by Gasteiger charge is -2.37. The third kappa shape index (κ3) is 2.72. The predicted octanol–water partition coefficient (Wildman–Crippen LogP) is 2.16. The Morgan fingerprint density at radius 2 is 1.75 bits per heavy atom. The van der Waals surface area contributed by atoms with Crippen molar-refractivity contribution in [2.45, 2.75) is 38.0 Å². The highest BCUT2D eigenvalue weighted by molar-refractivity contribution is 5.13. The molecule has 0 aromatic rings. The SMILES string of the molecule is C=C(F)C(OC(C)C)(C(O)OC)C(F)(F)F. The van der Waals surface area contributed by atoms with Crippen LogP contribution in [0.25, 0.3) is 0 Å². The van der Waals surface area contributed by atoms with Gasteiger partial charge in [-0.1, -0.05) is 6.58 Å². The van der Waals surface area contributed by atoms with E-state index in [1.54, 1.807) is 0 Å². The summed E-state index contributed by atoms with van der Waals surface area (Å²) >= 11 is 0. The molecule has 0 rings (SSSR count). The molecular formula is C9H14F4O3. The lowest BCUT2D eigenvalue weighted by atomic mass is 10.0. The summed E-state index contributed by atoms with van der Waals surface area (Å²) in [5.41, 5.74) is -3.56. The van der Waals surface area contributed by atoms with Crippen molar-refractivity contribution < 1.29 is 32.1 Å². The maximum Gasteiger partial charge on any atom is 0.429 e. The van der Waals surface area contributed by atoms with E-state index in [4.69, 9.17) is 5.11 Å². The average Bonchev–Trinajstić information content (AvgIpc) is 2.09. The Balaban J connectivity index is 5.50. The molecule has 2 atom stereocenters. The van der Waals surface area contributed by atoms with Gasteiger partial charge in [0.25, 0.3) is 5.60 Å². The molecule has 0 bridgehead atoms. The van der Waals surface area contributed by atoms with Gasteiger partial charge in [0.2, 0.25) is 0 Å². The minimum atomic E-state index is -5.18. The summed E-state index contributed by atoms with van der Waals surface area (Å²) in [4.78, 5) is 0. The molecule has 2 unspecified atom stereocenters. The van der Waals surface area contributed by atoms with Crippen LogP contribution >= 0.6 is 0 Å². The number of hydrogen-bond donors (Lipinski definition) is 1. The minimum absolute atomic E-state index is 0.803. The number of methoxy groups -OCH3 is 1. The molecule has 0 fully saturated rings. The van der Waals surface area contributed by atoms with Crippen LogP contribution in [-0.4, -0.2) is 36.4 Å². The topological polar surface area (TPSA) is 38.7 Å². The molecule has 0 saturated heterocycles. The van der Waals surface area contributed by atoms with Crippen LogP contribution < -0.4 is 0 Å². The summed E-state index contributed by atoms with van der Waals surface area (Å²) in [6.45, 7) is 5.10. The van der Waals surface area contributed by atoms with Crippen LogP contribution in [0.15, 0.2) is 12.4 Å². The highest BCUT2D eigenvalue weighted by atomic mass is 19.4. The van der Waals surface area contributed by atoms with E-state index >= 15 is 0 Å². The Bertz CT molecular complexity index is 252. The average molecular weight is 246 g/mol. The zero-order valence-electron chi connectivity index (χ0n) is 9.14. The maximum atomic E-state index is 13.0. The molecule has 0 spiro atoms. The Kier molecular flexibility index (Phi) is 4.90. The second kappa shape index (κ2) is 5.11. The molecule has 0 aliphatic carbocycles. The van der Waals surface area contributed by atoms with Crippen LogP contribution in [0.4, 0.5) is 17.6 Å². The highest BCUT2D eigenvalue weighted by Gasteiger charge is 2.65. The second-order valence-corrected chi connectivity index (χ2v) is 3.39. The van der Waals surface area contributed by atoms with Crippen LogP contribution in [-0.2, 0) is 9.47 Å². The third-order valence-electron chi connectivity index (χ3n) is 1.82. The molecule has 0 aliphatic heterocycles. The number of halogens is 4. The van der Waals surface area contributed by atoms with Gasteiger partial charge in [0, 0.05) is 7.11 Å². The van der Waals surface area contributed by atoms with Gasteiger partial charge in [-0.2, -0.15) is 13.2 Å². The normalized spacial score (nSPS) is 18.3. The fourth-order valence-electron chi connectivity index (χ4n) is 1.15. The lowest BCUT2D eigenvalue weighted by Crippen LogP contribution is -2.58. The smallest absolute Gasteiger partial charge is 0.365 e. The molecule has 0 saturated carbocycles. The van der Waals surface area contributed by atoms with E-state index in [1.165, 1.54) is 13.8 Å². The molecule has 0 aromatic carbocycles. The van der Waals surface area contributed by atoms with Crippen LogP contribution in [0.1, 0.15) is 13.8 Å². The molecule has 0 aliphatic rings. The van der Waals surface area contributed by atoms with Crippen LogP contribution in [0, 0.1) is 0 Å². The summed E-state index contributed by atoms with van der Waals surface area (Å²) < 4.78 is 59.9. The molecule has 96 valence electrons. The number of hydrogen-bond acceptors (Lipinski definition) is 3. The van der Waals surface area contributed by atoms with Crippen molar-refractivity contribution in [3.8, 4) is 0 Å². The molecule has 16 heavy (non-hydrogen) atoms. The quantitative estimate of drug-likeness (QED) is 0.596. The fourth-order valence-corrected chi connectivity index (χ4v) is 1.15. The van der Waals surface area contributed by atoms with Gasteiger partial charge >= 0.3 is 6.18 Å². The van der Waals surface area contributed by atoms with Crippen molar-refractivity contribution in [3.05, 3.63) is 12.4 Å². The Morgan fingerprint density at radius 1 is 1.31 bits per heavy atom. The molecule has 3 nitrogen and oxygen atoms in total. The number of ether oxygens (including phenoxy) is 2. The summed E-state index contributed by atoms with van der Waals surface area (Å²) in [6, 6.07) is 0. The van der Waals surface area contributed by atoms with E-state index in [1.807, 2.05) is 0 Å². The number of alkyl halides is 3. The minimum Gasteiger partial charge on any atom is -0.365 e. The van der Waals surface area contributed by atoms with Crippen molar-refractivity contribution in [3.63, 3.8) is 0 Å². The molecule has 0 aromatic heterocycles. The van der Waals surface area contributed by atoms with Gasteiger partial charge in [-0.3, -0.25) is 0 Å². The predicted molar refractivity (Wildman–Crippen MR) is 48.3 cm³/mol. The fraction of sp³-hybridized carbons (Fsp3) is 0.778. The summed E-state index contributed by atoms with van der Waals surface area (Å²) in [5.74, 6) is -1.86.